The molecule has 1 rings (SSSR count). The molecule has 0 unspecified atom stereocenters. The van der Waals surface area contributed by atoms with Crippen LogP contribution in [0.15, 0.2) is 6.07 Å². The highest BCUT2D eigenvalue weighted by atomic mass is 28.3. The van der Waals surface area contributed by atoms with Gasteiger partial charge in [0, 0.05) is 0 Å². The van der Waals surface area contributed by atoms with Crippen molar-refractivity contribution in [1.82, 2.24) is 0 Å². The minimum absolute atomic E-state index is 1.16. The third kappa shape index (κ3) is 1.93. The molecule has 0 amide bonds. The summed E-state index contributed by atoms with van der Waals surface area (Å²) in [6.07, 6.45) is 0. The maximum Gasteiger partial charge on any atom is 0.0779 e. The zero-order valence-corrected chi connectivity index (χ0v) is 11.6. The number of aryl methyl sites for hydroxylation is 1. The van der Waals surface area contributed by atoms with Crippen molar-refractivity contribution in [3.05, 3.63) is 28.3 Å². The van der Waals surface area contributed by atoms with Crippen molar-refractivity contribution in [2.75, 3.05) is 0 Å². The Bertz CT molecular complexity index is 356. The van der Waals surface area contributed by atoms with E-state index in [1.807, 2.05) is 0 Å². The molecule has 0 saturated carbocycles. The molecule has 0 bridgehead atoms. The highest BCUT2D eigenvalue weighted by molar-refractivity contribution is 6.89. The van der Waals surface area contributed by atoms with Crippen LogP contribution in [0.25, 0.3) is 0 Å². The quantitative estimate of drug-likeness (QED) is 0.617. The van der Waals surface area contributed by atoms with Gasteiger partial charge in [0.25, 0.3) is 0 Å². The molecule has 0 heterocycles. The smallest absolute Gasteiger partial charge is 0.0656 e. The molecule has 1 aromatic rings. The van der Waals surface area contributed by atoms with E-state index in [0.29, 0.717) is 0 Å². The van der Waals surface area contributed by atoms with Crippen LogP contribution in [-0.4, -0.2) is 8.07 Å². The molecule has 1 heteroatoms. The van der Waals surface area contributed by atoms with Crippen LogP contribution < -0.4 is 5.19 Å². The molecule has 0 aromatic heterocycles. The Hall–Kier alpha value is -0.563. The standard InChI is InChI=1S/C13H22Si/c1-9-8-13(14(5,6)7)12(4)11(3)10(9)2/h8H,1-7H3. The molecule has 0 saturated heterocycles. The summed E-state index contributed by atoms with van der Waals surface area (Å²) in [5, 5.41) is 1.62. The molecule has 14 heavy (non-hydrogen) atoms. The molecule has 0 atom stereocenters. The maximum absolute atomic E-state index is 2.42. The van der Waals surface area contributed by atoms with E-state index in [1.54, 1.807) is 5.19 Å². The minimum Gasteiger partial charge on any atom is -0.0656 e. The summed E-state index contributed by atoms with van der Waals surface area (Å²) in [4.78, 5) is 0. The second-order valence-electron chi connectivity index (χ2n) is 5.37. The van der Waals surface area contributed by atoms with Crippen LogP contribution in [0.3, 0.4) is 0 Å². The first kappa shape index (κ1) is 11.5. The Morgan fingerprint density at radius 1 is 0.786 bits per heavy atom. The largest absolute Gasteiger partial charge is 0.0779 e. The Kier molecular flexibility index (Phi) is 2.91. The molecule has 1 aromatic carbocycles. The van der Waals surface area contributed by atoms with E-state index in [4.69, 9.17) is 0 Å². The maximum atomic E-state index is 2.42. The number of benzene rings is 1. The van der Waals surface area contributed by atoms with Crippen molar-refractivity contribution in [1.29, 1.82) is 0 Å². The summed E-state index contributed by atoms with van der Waals surface area (Å²) in [6, 6.07) is 2.41. The average molecular weight is 206 g/mol. The zero-order valence-electron chi connectivity index (χ0n) is 10.6. The first-order valence-corrected chi connectivity index (χ1v) is 8.83. The van der Waals surface area contributed by atoms with Crippen LogP contribution in [0, 0.1) is 27.7 Å². The molecular formula is C13H22Si. The highest BCUT2D eigenvalue weighted by Gasteiger charge is 2.20. The molecule has 78 valence electrons. The lowest BCUT2D eigenvalue weighted by molar-refractivity contribution is 1.23. The fourth-order valence-electron chi connectivity index (χ4n) is 1.99. The normalized spacial score (nSPS) is 11.9. The summed E-state index contributed by atoms with van der Waals surface area (Å²) in [7, 11) is -1.16. The third-order valence-electron chi connectivity index (χ3n) is 3.29. The average Bonchev–Trinajstić information content (AvgIpc) is 2.06. The van der Waals surface area contributed by atoms with E-state index >= 15 is 0 Å². The van der Waals surface area contributed by atoms with Gasteiger partial charge in [-0.25, -0.2) is 0 Å². The molecule has 0 nitrogen and oxygen atoms in total. The lowest BCUT2D eigenvalue weighted by Crippen LogP contribution is -2.40. The third-order valence-corrected chi connectivity index (χ3v) is 5.42. The Balaban J connectivity index is 3.49. The number of rotatable bonds is 1. The fraction of sp³-hybridized carbons (Fsp3) is 0.538. The first-order chi connectivity index (χ1) is 6.25. The van der Waals surface area contributed by atoms with Gasteiger partial charge in [-0.05, 0) is 49.9 Å². The van der Waals surface area contributed by atoms with Crippen LogP contribution in [0.4, 0.5) is 0 Å². The first-order valence-electron chi connectivity index (χ1n) is 5.33. The molecule has 0 fully saturated rings. The van der Waals surface area contributed by atoms with Crippen molar-refractivity contribution in [2.45, 2.75) is 47.3 Å². The van der Waals surface area contributed by atoms with Gasteiger partial charge < -0.3 is 0 Å². The van der Waals surface area contributed by atoms with Gasteiger partial charge in [0.2, 0.25) is 0 Å². The summed E-state index contributed by atoms with van der Waals surface area (Å²) in [5.74, 6) is 0. The van der Waals surface area contributed by atoms with E-state index in [-0.39, 0.29) is 0 Å². The summed E-state index contributed by atoms with van der Waals surface area (Å²) in [6.45, 7) is 16.2. The van der Waals surface area contributed by atoms with E-state index in [9.17, 15) is 0 Å². The van der Waals surface area contributed by atoms with Gasteiger partial charge in [-0.1, -0.05) is 30.9 Å². The fourth-order valence-corrected chi connectivity index (χ4v) is 3.95. The summed E-state index contributed by atoms with van der Waals surface area (Å²) < 4.78 is 0. The van der Waals surface area contributed by atoms with Gasteiger partial charge in [0.1, 0.15) is 0 Å². The molecule has 0 aliphatic carbocycles. The second-order valence-corrected chi connectivity index (χ2v) is 10.4. The Labute approximate surface area is 89.4 Å². The van der Waals surface area contributed by atoms with Crippen molar-refractivity contribution < 1.29 is 0 Å². The predicted molar refractivity (Wildman–Crippen MR) is 68.4 cm³/mol. The Morgan fingerprint density at radius 2 is 1.29 bits per heavy atom. The van der Waals surface area contributed by atoms with E-state index in [0.717, 1.165) is 0 Å². The van der Waals surface area contributed by atoms with E-state index < -0.39 is 8.07 Å². The summed E-state index contributed by atoms with van der Waals surface area (Å²) in [5.41, 5.74) is 5.92. The predicted octanol–water partition coefficient (Wildman–Crippen LogP) is 3.47. The van der Waals surface area contributed by atoms with Crippen molar-refractivity contribution in [2.24, 2.45) is 0 Å². The minimum atomic E-state index is -1.16. The van der Waals surface area contributed by atoms with Gasteiger partial charge in [0.15, 0.2) is 0 Å². The van der Waals surface area contributed by atoms with Gasteiger partial charge >= 0.3 is 0 Å². The lowest BCUT2D eigenvalue weighted by Gasteiger charge is -2.23. The van der Waals surface area contributed by atoms with Crippen LogP contribution in [-0.2, 0) is 0 Å². The van der Waals surface area contributed by atoms with Crippen LogP contribution in [0.1, 0.15) is 22.3 Å². The van der Waals surface area contributed by atoms with Crippen LogP contribution >= 0.6 is 0 Å². The van der Waals surface area contributed by atoms with Crippen molar-refractivity contribution >= 4 is 13.3 Å². The SMILES string of the molecule is Cc1cc([Si](C)(C)C)c(C)c(C)c1C. The van der Waals surface area contributed by atoms with E-state index in [1.165, 1.54) is 22.3 Å². The summed E-state index contributed by atoms with van der Waals surface area (Å²) >= 11 is 0. The molecule has 0 aliphatic heterocycles. The molecule has 0 aliphatic rings. The number of hydrogen-bond acceptors (Lipinski definition) is 0. The monoisotopic (exact) mass is 206 g/mol. The molecule has 0 N–H and O–H groups in total. The Morgan fingerprint density at radius 3 is 1.71 bits per heavy atom. The van der Waals surface area contributed by atoms with Gasteiger partial charge in [0.05, 0.1) is 8.07 Å². The van der Waals surface area contributed by atoms with Crippen LogP contribution in [0.5, 0.6) is 0 Å². The molecule has 0 radical (unpaired) electrons. The van der Waals surface area contributed by atoms with E-state index in [2.05, 4.69) is 53.4 Å². The van der Waals surface area contributed by atoms with Crippen molar-refractivity contribution in [3.8, 4) is 0 Å². The van der Waals surface area contributed by atoms with Crippen LogP contribution in [0.2, 0.25) is 19.6 Å². The molecule has 0 spiro atoms. The van der Waals surface area contributed by atoms with Gasteiger partial charge in [-0.15, -0.1) is 0 Å². The highest BCUT2D eigenvalue weighted by Crippen LogP contribution is 2.18. The number of hydrogen-bond donors (Lipinski definition) is 0. The second kappa shape index (κ2) is 3.54. The molecular weight excluding hydrogens is 184 g/mol. The van der Waals surface area contributed by atoms with Gasteiger partial charge in [-0.3, -0.25) is 0 Å². The van der Waals surface area contributed by atoms with Crippen molar-refractivity contribution in [3.63, 3.8) is 0 Å². The lowest BCUT2D eigenvalue weighted by atomic mass is 10.00. The topological polar surface area (TPSA) is 0 Å². The zero-order chi connectivity index (χ0) is 11.1. The van der Waals surface area contributed by atoms with Gasteiger partial charge in [-0.2, -0.15) is 0 Å².